The Morgan fingerprint density at radius 1 is 1.41 bits per heavy atom. The molecule has 1 atom stereocenters. The van der Waals surface area contributed by atoms with E-state index in [4.69, 9.17) is 16.3 Å². The molecule has 1 aromatic carbocycles. The summed E-state index contributed by atoms with van der Waals surface area (Å²) in [7, 11) is 1.41. The number of hydrogen-bond donors (Lipinski definition) is 1. The van der Waals surface area contributed by atoms with Gasteiger partial charge in [-0.15, -0.1) is 16.4 Å². The highest BCUT2D eigenvalue weighted by molar-refractivity contribution is 7.17. The first-order valence-electron chi connectivity index (χ1n) is 8.10. The van der Waals surface area contributed by atoms with Crippen LogP contribution in [-0.2, 0) is 6.42 Å². The number of methoxy groups -OCH3 is 1. The van der Waals surface area contributed by atoms with Gasteiger partial charge in [-0.3, -0.25) is 4.40 Å². The van der Waals surface area contributed by atoms with Gasteiger partial charge in [-0.25, -0.2) is 14.1 Å². The summed E-state index contributed by atoms with van der Waals surface area (Å²) in [6.45, 7) is 2.01. The van der Waals surface area contributed by atoms with E-state index in [-0.39, 0.29) is 16.5 Å². The van der Waals surface area contributed by atoms with Gasteiger partial charge in [-0.2, -0.15) is 0 Å². The maximum atomic E-state index is 14.4. The van der Waals surface area contributed by atoms with Gasteiger partial charge in [0.1, 0.15) is 34.4 Å². The quantitative estimate of drug-likeness (QED) is 0.548. The van der Waals surface area contributed by atoms with Crippen molar-refractivity contribution in [3.63, 3.8) is 0 Å². The van der Waals surface area contributed by atoms with E-state index in [2.05, 4.69) is 15.3 Å². The van der Waals surface area contributed by atoms with Crippen LogP contribution in [0.15, 0.2) is 30.9 Å². The molecule has 4 aromatic rings. The second-order valence-electron chi connectivity index (χ2n) is 5.79. The van der Waals surface area contributed by atoms with Crippen LogP contribution >= 0.6 is 22.9 Å². The molecule has 0 aliphatic carbocycles. The minimum atomic E-state index is -1.02. The van der Waals surface area contributed by atoms with Crippen LogP contribution in [0.5, 0.6) is 5.75 Å². The monoisotopic (exact) mass is 407 g/mol. The number of rotatable bonds is 5. The fourth-order valence-corrected chi connectivity index (χ4v) is 4.20. The zero-order chi connectivity index (χ0) is 19.1. The van der Waals surface area contributed by atoms with E-state index in [1.54, 1.807) is 23.9 Å². The van der Waals surface area contributed by atoms with Gasteiger partial charge in [0.25, 0.3) is 0 Å². The molecule has 0 saturated heterocycles. The van der Waals surface area contributed by atoms with E-state index < -0.39 is 11.9 Å². The van der Waals surface area contributed by atoms with Gasteiger partial charge in [0.05, 0.1) is 30.2 Å². The Labute approximate surface area is 162 Å². The topological polar surface area (TPSA) is 77.5 Å². The lowest BCUT2D eigenvalue weighted by Crippen LogP contribution is -2.06. The van der Waals surface area contributed by atoms with Crippen molar-refractivity contribution in [3.8, 4) is 11.4 Å². The van der Waals surface area contributed by atoms with Crippen LogP contribution in [0, 0.1) is 5.82 Å². The Bertz CT molecular complexity index is 1120. The first kappa shape index (κ1) is 17.9. The number of benzene rings is 1. The number of aliphatic hydroxyl groups is 1. The second kappa shape index (κ2) is 6.91. The highest BCUT2D eigenvalue weighted by Gasteiger charge is 2.24. The van der Waals surface area contributed by atoms with Crippen molar-refractivity contribution in [1.29, 1.82) is 0 Å². The summed E-state index contributed by atoms with van der Waals surface area (Å²) in [6.07, 6.45) is 4.61. The molecule has 10 heteroatoms. The molecule has 0 aliphatic heterocycles. The predicted molar refractivity (Wildman–Crippen MR) is 99.4 cm³/mol. The third-order valence-electron chi connectivity index (χ3n) is 4.22. The van der Waals surface area contributed by atoms with Crippen molar-refractivity contribution in [2.75, 3.05) is 7.11 Å². The van der Waals surface area contributed by atoms with Crippen LogP contribution in [0.4, 0.5) is 4.39 Å². The van der Waals surface area contributed by atoms with E-state index in [1.165, 1.54) is 30.1 Å². The molecule has 0 bridgehead atoms. The van der Waals surface area contributed by atoms with E-state index in [0.29, 0.717) is 11.4 Å². The molecule has 0 saturated carbocycles. The van der Waals surface area contributed by atoms with E-state index in [9.17, 15) is 9.50 Å². The summed E-state index contributed by atoms with van der Waals surface area (Å²) in [6, 6.07) is 2.58. The molecule has 1 unspecified atom stereocenters. The van der Waals surface area contributed by atoms with Gasteiger partial charge in [0.15, 0.2) is 5.82 Å². The number of hydrogen-bond acceptors (Lipinski definition) is 6. The Morgan fingerprint density at radius 2 is 2.22 bits per heavy atom. The fourth-order valence-electron chi connectivity index (χ4n) is 2.90. The Kier molecular flexibility index (Phi) is 4.58. The molecule has 3 aromatic heterocycles. The number of aliphatic hydroxyl groups excluding tert-OH is 1. The molecule has 0 spiro atoms. The average Bonchev–Trinajstić information content (AvgIpc) is 3.37. The lowest BCUT2D eigenvalue weighted by atomic mass is 10.1. The summed E-state index contributed by atoms with van der Waals surface area (Å²) >= 11 is 7.64. The van der Waals surface area contributed by atoms with E-state index in [1.807, 2.05) is 11.3 Å². The van der Waals surface area contributed by atoms with Gasteiger partial charge >= 0.3 is 0 Å². The molecule has 4 rings (SSSR count). The Balaban J connectivity index is 1.74. The van der Waals surface area contributed by atoms with Crippen LogP contribution in [0.3, 0.4) is 0 Å². The number of aryl methyl sites for hydroxylation is 1. The van der Waals surface area contributed by atoms with Crippen molar-refractivity contribution < 1.29 is 14.2 Å². The number of imidazole rings is 1. The summed E-state index contributed by atoms with van der Waals surface area (Å²) in [5.74, 6) is -0.337. The summed E-state index contributed by atoms with van der Waals surface area (Å²) in [4.78, 5) is 6.06. The fraction of sp³-hybridized carbons (Fsp3) is 0.235. The smallest absolute Gasteiger partial charge is 0.152 e. The third kappa shape index (κ3) is 2.97. The second-order valence-corrected chi connectivity index (χ2v) is 7.32. The lowest BCUT2D eigenvalue weighted by Gasteiger charge is -2.09. The van der Waals surface area contributed by atoms with Gasteiger partial charge in [0, 0.05) is 10.9 Å². The van der Waals surface area contributed by atoms with E-state index in [0.717, 1.165) is 16.1 Å². The van der Waals surface area contributed by atoms with Gasteiger partial charge in [-0.05, 0) is 12.5 Å². The Hall–Kier alpha value is -2.49. The largest absolute Gasteiger partial charge is 0.495 e. The molecule has 0 radical (unpaired) electrons. The van der Waals surface area contributed by atoms with E-state index >= 15 is 0 Å². The van der Waals surface area contributed by atoms with Gasteiger partial charge in [0.2, 0.25) is 0 Å². The van der Waals surface area contributed by atoms with Crippen LogP contribution < -0.4 is 4.74 Å². The highest BCUT2D eigenvalue weighted by atomic mass is 35.5. The zero-order valence-electron chi connectivity index (χ0n) is 14.4. The molecule has 7 nitrogen and oxygen atoms in total. The number of thiazole rings is 1. The summed E-state index contributed by atoms with van der Waals surface area (Å²) < 4.78 is 22.4. The predicted octanol–water partition coefficient (Wildman–Crippen LogP) is 3.42. The molecule has 0 amide bonds. The SMILES string of the molecule is CCc1sc2cncn2c1C(O)c1cn(-c2cc(Cl)c(OC)cc2F)nn1. The Morgan fingerprint density at radius 3 is 2.96 bits per heavy atom. The van der Waals surface area contributed by atoms with Crippen LogP contribution in [-0.4, -0.2) is 36.6 Å². The summed E-state index contributed by atoms with van der Waals surface area (Å²) in [5, 5.41) is 19.1. The van der Waals surface area contributed by atoms with Crippen molar-refractivity contribution in [1.82, 2.24) is 24.4 Å². The number of nitrogens with zero attached hydrogens (tertiary/aromatic N) is 5. The molecule has 140 valence electrons. The lowest BCUT2D eigenvalue weighted by molar-refractivity contribution is 0.208. The first-order valence-corrected chi connectivity index (χ1v) is 9.30. The standard InChI is InChI=1S/C17H15ClFN5O2S/c1-3-14-16(23-8-20-6-15(23)27-14)17(25)11-7-24(22-21-11)12-4-9(18)13(26-2)5-10(12)19/h4-8,17,25H,3H2,1-2H3. The van der Waals surface area contributed by atoms with Gasteiger partial charge < -0.3 is 9.84 Å². The average molecular weight is 408 g/mol. The maximum Gasteiger partial charge on any atom is 0.152 e. The van der Waals surface area contributed by atoms with Crippen molar-refractivity contribution in [2.45, 2.75) is 19.4 Å². The third-order valence-corrected chi connectivity index (χ3v) is 5.77. The maximum absolute atomic E-state index is 14.4. The first-order chi connectivity index (χ1) is 13.0. The van der Waals surface area contributed by atoms with Crippen LogP contribution in [0.1, 0.15) is 29.3 Å². The summed E-state index contributed by atoms with van der Waals surface area (Å²) in [5.41, 5.74) is 1.10. The molecular weight excluding hydrogens is 393 g/mol. The minimum absolute atomic E-state index is 0.112. The van der Waals surface area contributed by atoms with Crippen LogP contribution in [0.25, 0.3) is 10.5 Å². The molecule has 1 N–H and O–H groups in total. The van der Waals surface area contributed by atoms with Crippen molar-refractivity contribution >= 4 is 27.8 Å². The minimum Gasteiger partial charge on any atom is -0.495 e. The van der Waals surface area contributed by atoms with Gasteiger partial charge in [-0.1, -0.05) is 23.7 Å². The highest BCUT2D eigenvalue weighted by Crippen LogP contribution is 2.32. The molecular formula is C17H15ClFN5O2S. The molecule has 0 fully saturated rings. The molecule has 0 aliphatic rings. The molecule has 3 heterocycles. The number of halogens is 2. The normalized spacial score (nSPS) is 12.6. The zero-order valence-corrected chi connectivity index (χ0v) is 16.0. The number of ether oxygens (including phenoxy) is 1. The number of fused-ring (bicyclic) bond motifs is 1. The van der Waals surface area contributed by atoms with Crippen molar-refractivity contribution in [3.05, 3.63) is 58.0 Å². The van der Waals surface area contributed by atoms with Crippen molar-refractivity contribution in [2.24, 2.45) is 0 Å². The van der Waals surface area contributed by atoms with Crippen LogP contribution in [0.2, 0.25) is 5.02 Å². The molecule has 27 heavy (non-hydrogen) atoms. The number of aromatic nitrogens is 5.